The minimum atomic E-state index is -0.891. The van der Waals surface area contributed by atoms with Crippen LogP contribution < -0.4 is 21.7 Å². The zero-order valence-corrected chi connectivity index (χ0v) is 17.2. The number of nitrogens with zero attached hydrogens (tertiary/aromatic N) is 3. The van der Waals surface area contributed by atoms with Crippen molar-refractivity contribution in [3.8, 4) is 0 Å². The van der Waals surface area contributed by atoms with E-state index in [1.807, 2.05) is 18.3 Å². The zero-order chi connectivity index (χ0) is 21.7. The minimum Gasteiger partial charge on any atom is -0.444 e. The van der Waals surface area contributed by atoms with E-state index in [0.717, 1.165) is 18.5 Å². The van der Waals surface area contributed by atoms with Crippen molar-refractivity contribution in [2.75, 3.05) is 19.6 Å². The second kappa shape index (κ2) is 12.6. The number of hydrogen-bond acceptors (Lipinski definition) is 7. The third kappa shape index (κ3) is 13.1. The molecule has 1 atom stereocenters. The number of rotatable bonds is 10. The monoisotopic (exact) mass is 409 g/mol. The normalized spacial score (nSPS) is 12.9. The second-order valence-electron chi connectivity index (χ2n) is 7.46. The Balaban J connectivity index is 2.24. The average Bonchev–Trinajstić information content (AvgIpc) is 2.61. The fraction of sp³-hybridized carbons (Fsp3) is 0.611. The van der Waals surface area contributed by atoms with Crippen LogP contribution in [0.3, 0.4) is 0 Å². The van der Waals surface area contributed by atoms with Gasteiger partial charge in [0.25, 0.3) is 5.96 Å². The molecular formula is C18H31N7O4. The Kier molecular flexibility index (Phi) is 10.6. The number of guanidine groups is 1. The fourth-order valence-corrected chi connectivity index (χ4v) is 2.33. The number of nitro groups is 1. The Morgan fingerprint density at radius 2 is 2.17 bits per heavy atom. The second-order valence-corrected chi connectivity index (χ2v) is 7.46. The lowest BCUT2D eigenvalue weighted by Gasteiger charge is -2.19. The first-order valence-electron chi connectivity index (χ1n) is 9.48. The molecule has 11 heteroatoms. The third-order valence-electron chi connectivity index (χ3n) is 3.56. The maximum absolute atomic E-state index is 11.7. The number of aromatic nitrogens is 1. The van der Waals surface area contributed by atoms with Gasteiger partial charge >= 0.3 is 6.09 Å². The third-order valence-corrected chi connectivity index (χ3v) is 3.56. The first-order valence-corrected chi connectivity index (χ1v) is 9.48. The van der Waals surface area contributed by atoms with Gasteiger partial charge in [-0.2, -0.15) is 0 Å². The molecular weight excluding hydrogens is 378 g/mol. The Bertz CT molecular complexity index is 662. The molecule has 0 unspecified atom stereocenters. The van der Waals surface area contributed by atoms with Crippen molar-refractivity contribution >= 4 is 12.1 Å². The molecule has 29 heavy (non-hydrogen) atoms. The molecule has 0 aliphatic heterocycles. The average molecular weight is 409 g/mol. The molecule has 0 saturated carbocycles. The van der Waals surface area contributed by atoms with Crippen LogP contribution in [-0.2, 0) is 11.2 Å². The number of pyridine rings is 1. The molecule has 0 aromatic carbocycles. The summed E-state index contributed by atoms with van der Waals surface area (Å²) in [6.45, 7) is 6.90. The number of hydrazone groups is 1. The summed E-state index contributed by atoms with van der Waals surface area (Å²) in [7, 11) is 0. The van der Waals surface area contributed by atoms with Crippen LogP contribution in [0.5, 0.6) is 0 Å². The summed E-state index contributed by atoms with van der Waals surface area (Å²) in [6, 6.07) is 3.87. The summed E-state index contributed by atoms with van der Waals surface area (Å²) in [5.41, 5.74) is 6.51. The standard InChI is InChI=1S/C18H31N7O4/c1-18(2,3)29-17(26)23-16(24-25(27)28)22-10-5-7-15(19)13-21-11-8-14-6-4-9-20-12-14/h4,6,9,12,15,21H,5,7-8,10-11,13,19H2,1-3H3,(H2,22,23,24,26)/t15-/m0/s1. The first kappa shape index (κ1) is 24.2. The smallest absolute Gasteiger partial charge is 0.414 e. The van der Waals surface area contributed by atoms with E-state index in [2.05, 4.69) is 26.0 Å². The lowest BCUT2D eigenvalue weighted by atomic mass is 10.1. The van der Waals surface area contributed by atoms with E-state index in [9.17, 15) is 14.9 Å². The Labute approximate surface area is 170 Å². The van der Waals surface area contributed by atoms with Gasteiger partial charge in [-0.15, -0.1) is 0 Å². The number of nitrogens with two attached hydrogens (primary N) is 1. The molecule has 0 saturated heterocycles. The van der Waals surface area contributed by atoms with E-state index in [-0.39, 0.29) is 12.0 Å². The summed E-state index contributed by atoms with van der Waals surface area (Å²) in [6.07, 6.45) is 4.98. The highest BCUT2D eigenvalue weighted by Crippen LogP contribution is 2.06. The van der Waals surface area contributed by atoms with Crippen LogP contribution >= 0.6 is 0 Å². The summed E-state index contributed by atoms with van der Waals surface area (Å²) in [5.74, 6) is -0.271. The molecule has 11 nitrogen and oxygen atoms in total. The summed E-state index contributed by atoms with van der Waals surface area (Å²) in [5, 5.41) is 21.1. The Morgan fingerprint density at radius 3 is 2.79 bits per heavy atom. The quantitative estimate of drug-likeness (QED) is 0.146. The number of nitrogens with one attached hydrogen (secondary N) is 3. The van der Waals surface area contributed by atoms with Crippen molar-refractivity contribution < 1.29 is 14.6 Å². The van der Waals surface area contributed by atoms with Crippen molar-refractivity contribution in [2.45, 2.75) is 51.7 Å². The van der Waals surface area contributed by atoms with Crippen LogP contribution in [0, 0.1) is 10.1 Å². The number of hydrogen-bond donors (Lipinski definition) is 4. The van der Waals surface area contributed by atoms with Crippen molar-refractivity contribution in [2.24, 2.45) is 10.8 Å². The minimum absolute atomic E-state index is 0.0552. The van der Waals surface area contributed by atoms with Crippen molar-refractivity contribution in [1.82, 2.24) is 20.9 Å². The van der Waals surface area contributed by atoms with Gasteiger partial charge in [0.2, 0.25) is 0 Å². The topological polar surface area (TPSA) is 157 Å². The summed E-state index contributed by atoms with van der Waals surface area (Å²) >= 11 is 0. The summed E-state index contributed by atoms with van der Waals surface area (Å²) in [4.78, 5) is 26.4. The molecule has 0 aliphatic rings. The van der Waals surface area contributed by atoms with Crippen LogP contribution in [-0.4, -0.2) is 53.3 Å². The van der Waals surface area contributed by atoms with E-state index < -0.39 is 16.7 Å². The number of carbonyl (C=O) groups excluding carboxylic acids is 1. The Morgan fingerprint density at radius 1 is 1.41 bits per heavy atom. The number of alkyl carbamates (subject to hydrolysis) is 1. The van der Waals surface area contributed by atoms with Gasteiger partial charge in [0.05, 0.1) is 0 Å². The molecule has 0 aliphatic carbocycles. The van der Waals surface area contributed by atoms with Crippen LogP contribution in [0.15, 0.2) is 29.6 Å². The molecule has 0 radical (unpaired) electrons. The fourth-order valence-electron chi connectivity index (χ4n) is 2.33. The molecule has 0 bridgehead atoms. The van der Waals surface area contributed by atoms with Crippen LogP contribution in [0.2, 0.25) is 0 Å². The van der Waals surface area contributed by atoms with Crippen LogP contribution in [0.4, 0.5) is 4.79 Å². The van der Waals surface area contributed by atoms with Gasteiger partial charge in [0.1, 0.15) is 10.7 Å². The van der Waals surface area contributed by atoms with Gasteiger partial charge in [-0.1, -0.05) is 6.07 Å². The first-order chi connectivity index (χ1) is 13.7. The van der Waals surface area contributed by atoms with Gasteiger partial charge in [-0.25, -0.2) is 14.9 Å². The Hall–Kier alpha value is -2.79. The highest BCUT2D eigenvalue weighted by molar-refractivity contribution is 5.93. The number of amides is 1. The highest BCUT2D eigenvalue weighted by Gasteiger charge is 2.18. The van der Waals surface area contributed by atoms with Crippen LogP contribution in [0.25, 0.3) is 0 Å². The lowest BCUT2D eigenvalue weighted by Crippen LogP contribution is -2.44. The zero-order valence-electron chi connectivity index (χ0n) is 17.2. The predicted molar refractivity (Wildman–Crippen MR) is 110 cm³/mol. The van der Waals surface area contributed by atoms with Gasteiger partial charge in [0, 0.05) is 31.5 Å². The predicted octanol–water partition coefficient (Wildman–Crippen LogP) is 0.983. The molecule has 1 heterocycles. The van der Waals surface area contributed by atoms with Crippen molar-refractivity contribution in [3.05, 3.63) is 40.2 Å². The maximum atomic E-state index is 11.7. The van der Waals surface area contributed by atoms with Crippen molar-refractivity contribution in [3.63, 3.8) is 0 Å². The molecule has 0 fully saturated rings. The van der Waals surface area contributed by atoms with E-state index in [1.54, 1.807) is 27.0 Å². The molecule has 0 spiro atoms. The number of carbonyl (C=O) groups is 1. The molecule has 5 N–H and O–H groups in total. The molecule has 1 aromatic rings. The lowest BCUT2D eigenvalue weighted by molar-refractivity contribution is -0.485. The van der Waals surface area contributed by atoms with E-state index in [4.69, 9.17) is 10.5 Å². The molecule has 162 valence electrons. The molecule has 1 amide bonds. The van der Waals surface area contributed by atoms with Gasteiger partial charge in [-0.3, -0.25) is 10.3 Å². The SMILES string of the molecule is CC(C)(C)OC(=O)NC(=N[N+](=O)[O-])NCCC[C@H](N)CNCCc1cccnc1. The number of ether oxygens (including phenoxy) is 1. The van der Waals surface area contributed by atoms with Crippen molar-refractivity contribution in [1.29, 1.82) is 0 Å². The van der Waals surface area contributed by atoms with Gasteiger partial charge in [0.15, 0.2) is 5.03 Å². The van der Waals surface area contributed by atoms with Crippen LogP contribution in [0.1, 0.15) is 39.2 Å². The highest BCUT2D eigenvalue weighted by atomic mass is 16.7. The largest absolute Gasteiger partial charge is 0.444 e. The molecule has 1 aromatic heterocycles. The van der Waals surface area contributed by atoms with Gasteiger partial charge < -0.3 is 21.1 Å². The van der Waals surface area contributed by atoms with E-state index >= 15 is 0 Å². The molecule has 1 rings (SSSR count). The van der Waals surface area contributed by atoms with E-state index in [1.165, 1.54) is 0 Å². The maximum Gasteiger partial charge on any atom is 0.414 e. The summed E-state index contributed by atoms with van der Waals surface area (Å²) < 4.78 is 5.06. The van der Waals surface area contributed by atoms with E-state index in [0.29, 0.717) is 25.9 Å². The van der Waals surface area contributed by atoms with Gasteiger partial charge in [-0.05, 0) is 58.2 Å².